The summed E-state index contributed by atoms with van der Waals surface area (Å²) in [7, 11) is 0. The Balaban J connectivity index is 1.72. The van der Waals surface area contributed by atoms with E-state index in [4.69, 9.17) is 0 Å². The molecule has 0 unspecified atom stereocenters. The molecule has 0 fully saturated rings. The minimum atomic E-state index is 0.863. The Bertz CT molecular complexity index is 994. The number of nitrogens with zero attached hydrogens (tertiary/aromatic N) is 3. The molecular weight excluding hydrogens is 338 g/mol. The van der Waals surface area contributed by atoms with Crippen LogP contribution in [-0.4, -0.2) is 14.8 Å². The van der Waals surface area contributed by atoms with Crippen LogP contribution in [0.15, 0.2) is 90.1 Å². The van der Waals surface area contributed by atoms with Crippen LogP contribution < -0.4 is 0 Å². The predicted molar refractivity (Wildman–Crippen MR) is 108 cm³/mol. The molecule has 0 aliphatic carbocycles. The van der Waals surface area contributed by atoms with Crippen molar-refractivity contribution in [3.8, 4) is 17.1 Å². The number of para-hydroxylation sites is 1. The lowest BCUT2D eigenvalue weighted by atomic mass is 10.2. The van der Waals surface area contributed by atoms with Gasteiger partial charge in [-0.3, -0.25) is 4.57 Å². The Morgan fingerprint density at radius 2 is 1.54 bits per heavy atom. The molecule has 0 aliphatic rings. The Labute approximate surface area is 157 Å². The third kappa shape index (κ3) is 3.55. The van der Waals surface area contributed by atoms with Crippen LogP contribution in [0.4, 0.5) is 0 Å². The fourth-order valence-electron chi connectivity index (χ4n) is 2.90. The molecule has 4 aromatic rings. The number of hydrogen-bond acceptors (Lipinski definition) is 3. The van der Waals surface area contributed by atoms with Crippen molar-refractivity contribution in [1.29, 1.82) is 0 Å². The topological polar surface area (TPSA) is 30.7 Å². The second kappa shape index (κ2) is 7.58. The van der Waals surface area contributed by atoms with Crippen molar-refractivity contribution in [2.45, 2.75) is 17.8 Å². The van der Waals surface area contributed by atoms with Crippen molar-refractivity contribution >= 4 is 11.8 Å². The fourth-order valence-corrected chi connectivity index (χ4v) is 3.79. The van der Waals surface area contributed by atoms with Crippen molar-refractivity contribution in [2.24, 2.45) is 0 Å². The molecule has 0 saturated heterocycles. The minimum absolute atomic E-state index is 0.863. The first kappa shape index (κ1) is 16.6. The van der Waals surface area contributed by atoms with E-state index in [1.54, 1.807) is 11.8 Å². The van der Waals surface area contributed by atoms with Gasteiger partial charge in [-0.1, -0.05) is 90.1 Å². The van der Waals surface area contributed by atoms with Gasteiger partial charge in [-0.15, -0.1) is 10.2 Å². The highest BCUT2D eigenvalue weighted by Gasteiger charge is 2.15. The summed E-state index contributed by atoms with van der Waals surface area (Å²) in [6.07, 6.45) is 0. The summed E-state index contributed by atoms with van der Waals surface area (Å²) in [4.78, 5) is 0. The molecule has 0 radical (unpaired) electrons. The van der Waals surface area contributed by atoms with Crippen LogP contribution in [0.5, 0.6) is 0 Å². The van der Waals surface area contributed by atoms with Gasteiger partial charge in [0.25, 0.3) is 0 Å². The van der Waals surface area contributed by atoms with Gasteiger partial charge in [-0.25, -0.2) is 0 Å². The summed E-state index contributed by atoms with van der Waals surface area (Å²) in [6.45, 7) is 2.12. The van der Waals surface area contributed by atoms with Crippen LogP contribution in [0.3, 0.4) is 0 Å². The van der Waals surface area contributed by atoms with Crippen molar-refractivity contribution in [3.05, 3.63) is 96.1 Å². The first-order valence-electron chi connectivity index (χ1n) is 8.56. The maximum absolute atomic E-state index is 4.48. The SMILES string of the molecule is Cc1cccc(CSc2nnc(-c3ccccc3)n2-c2ccccc2)c1. The molecule has 0 saturated carbocycles. The Morgan fingerprint density at radius 3 is 2.27 bits per heavy atom. The van der Waals surface area contributed by atoms with Crippen LogP contribution in [-0.2, 0) is 5.75 Å². The van der Waals surface area contributed by atoms with E-state index in [-0.39, 0.29) is 0 Å². The third-order valence-corrected chi connectivity index (χ3v) is 5.13. The van der Waals surface area contributed by atoms with E-state index < -0.39 is 0 Å². The second-order valence-corrected chi connectivity index (χ2v) is 7.06. The molecule has 0 bridgehead atoms. The number of thioether (sulfide) groups is 1. The largest absolute Gasteiger partial charge is 0.270 e. The molecule has 4 rings (SSSR count). The van der Waals surface area contributed by atoms with Gasteiger partial charge in [0.15, 0.2) is 11.0 Å². The summed E-state index contributed by atoms with van der Waals surface area (Å²) in [5.41, 5.74) is 4.70. The average molecular weight is 357 g/mol. The Kier molecular flexibility index (Phi) is 4.84. The van der Waals surface area contributed by atoms with Gasteiger partial charge < -0.3 is 0 Å². The Hall–Kier alpha value is -2.85. The average Bonchev–Trinajstić information content (AvgIpc) is 3.12. The number of aromatic nitrogens is 3. The van der Waals surface area contributed by atoms with E-state index in [1.807, 2.05) is 36.4 Å². The van der Waals surface area contributed by atoms with Gasteiger partial charge in [0.1, 0.15) is 0 Å². The lowest BCUT2D eigenvalue weighted by molar-refractivity contribution is 0.886. The van der Waals surface area contributed by atoms with Gasteiger partial charge in [0, 0.05) is 17.0 Å². The smallest absolute Gasteiger partial charge is 0.196 e. The number of aryl methyl sites for hydroxylation is 1. The maximum Gasteiger partial charge on any atom is 0.196 e. The zero-order chi connectivity index (χ0) is 17.8. The predicted octanol–water partition coefficient (Wildman–Crippen LogP) is 5.54. The van der Waals surface area contributed by atoms with Crippen LogP contribution >= 0.6 is 11.8 Å². The summed E-state index contributed by atoms with van der Waals surface area (Å²) < 4.78 is 2.13. The molecule has 3 nitrogen and oxygen atoms in total. The van der Waals surface area contributed by atoms with Gasteiger partial charge in [0.05, 0.1) is 0 Å². The molecular formula is C22H19N3S. The van der Waals surface area contributed by atoms with E-state index in [0.717, 1.165) is 28.0 Å². The molecule has 1 aromatic heterocycles. The number of rotatable bonds is 5. The molecule has 0 N–H and O–H groups in total. The van der Waals surface area contributed by atoms with Crippen molar-refractivity contribution < 1.29 is 0 Å². The van der Waals surface area contributed by atoms with Crippen molar-refractivity contribution in [2.75, 3.05) is 0 Å². The molecule has 128 valence electrons. The van der Waals surface area contributed by atoms with Gasteiger partial charge >= 0.3 is 0 Å². The van der Waals surface area contributed by atoms with Gasteiger partial charge in [-0.05, 0) is 24.6 Å². The highest BCUT2D eigenvalue weighted by molar-refractivity contribution is 7.98. The quantitative estimate of drug-likeness (QED) is 0.440. The molecule has 26 heavy (non-hydrogen) atoms. The lowest BCUT2D eigenvalue weighted by Crippen LogP contribution is -1.99. The van der Waals surface area contributed by atoms with Gasteiger partial charge in [-0.2, -0.15) is 0 Å². The monoisotopic (exact) mass is 357 g/mol. The summed E-state index contributed by atoms with van der Waals surface area (Å²) in [5.74, 6) is 1.73. The fraction of sp³-hybridized carbons (Fsp3) is 0.0909. The van der Waals surface area contributed by atoms with Crippen LogP contribution in [0.2, 0.25) is 0 Å². The molecule has 1 heterocycles. The second-order valence-electron chi connectivity index (χ2n) is 6.12. The van der Waals surface area contributed by atoms with Crippen LogP contribution in [0, 0.1) is 6.92 Å². The first-order chi connectivity index (χ1) is 12.8. The molecule has 4 heteroatoms. The molecule has 0 spiro atoms. The highest BCUT2D eigenvalue weighted by atomic mass is 32.2. The minimum Gasteiger partial charge on any atom is -0.270 e. The number of hydrogen-bond donors (Lipinski definition) is 0. The zero-order valence-electron chi connectivity index (χ0n) is 14.5. The summed E-state index contributed by atoms with van der Waals surface area (Å²) in [6, 6.07) is 29.1. The van der Waals surface area contributed by atoms with E-state index in [1.165, 1.54) is 11.1 Å². The first-order valence-corrected chi connectivity index (χ1v) is 9.54. The highest BCUT2D eigenvalue weighted by Crippen LogP contribution is 2.29. The van der Waals surface area contributed by atoms with Crippen molar-refractivity contribution in [1.82, 2.24) is 14.8 Å². The van der Waals surface area contributed by atoms with E-state index in [9.17, 15) is 0 Å². The Morgan fingerprint density at radius 1 is 0.808 bits per heavy atom. The molecule has 0 amide bonds. The maximum atomic E-state index is 4.48. The molecule has 0 atom stereocenters. The van der Waals surface area contributed by atoms with E-state index in [2.05, 4.69) is 70.2 Å². The lowest BCUT2D eigenvalue weighted by Gasteiger charge is -2.10. The normalized spacial score (nSPS) is 10.8. The molecule has 0 aliphatic heterocycles. The van der Waals surface area contributed by atoms with Crippen LogP contribution in [0.1, 0.15) is 11.1 Å². The summed E-state index contributed by atoms with van der Waals surface area (Å²) >= 11 is 1.71. The summed E-state index contributed by atoms with van der Waals surface area (Å²) in [5, 5.41) is 9.87. The standard InChI is InChI=1S/C22H19N3S/c1-17-9-8-10-18(15-17)16-26-22-24-23-21(19-11-4-2-5-12-19)25(22)20-13-6-3-7-14-20/h2-15H,16H2,1H3. The van der Waals surface area contributed by atoms with E-state index >= 15 is 0 Å². The van der Waals surface area contributed by atoms with Gasteiger partial charge in [0.2, 0.25) is 0 Å². The van der Waals surface area contributed by atoms with Crippen LogP contribution in [0.25, 0.3) is 17.1 Å². The molecule has 3 aromatic carbocycles. The van der Waals surface area contributed by atoms with E-state index in [0.29, 0.717) is 0 Å². The van der Waals surface area contributed by atoms with Crippen molar-refractivity contribution in [3.63, 3.8) is 0 Å². The third-order valence-electron chi connectivity index (χ3n) is 4.13. The zero-order valence-corrected chi connectivity index (χ0v) is 15.4. The number of benzene rings is 3.